The molecule has 4 aromatic rings. The molecule has 0 aliphatic carbocycles. The quantitative estimate of drug-likeness (QED) is 0.157. The number of hydrogen-bond donors (Lipinski definition) is 2. The van der Waals surface area contributed by atoms with Crippen molar-refractivity contribution < 1.29 is 9.47 Å². The first-order valence-corrected chi connectivity index (χ1v) is 12.9. The van der Waals surface area contributed by atoms with Crippen molar-refractivity contribution in [2.45, 2.75) is 51.4 Å². The van der Waals surface area contributed by atoms with Gasteiger partial charge >= 0.3 is 0 Å². The smallest absolute Gasteiger partial charge is 0.127 e. The predicted octanol–water partition coefficient (Wildman–Crippen LogP) is 8.93. The minimum Gasteiger partial charge on any atom is -0.457 e. The lowest BCUT2D eigenvalue weighted by atomic mass is 9.86. The Labute approximate surface area is 214 Å². The molecule has 0 saturated carbocycles. The molecule has 186 valence electrons. The summed E-state index contributed by atoms with van der Waals surface area (Å²) in [6.45, 7) is 2.25. The average molecular weight is 481 g/mol. The molecule has 4 aromatic carbocycles. The summed E-state index contributed by atoms with van der Waals surface area (Å²) in [5.41, 5.74) is 15.6. The van der Waals surface area contributed by atoms with Crippen LogP contribution < -0.4 is 20.9 Å². The second-order valence-corrected chi connectivity index (χ2v) is 9.24. The van der Waals surface area contributed by atoms with Gasteiger partial charge in [0.1, 0.15) is 23.0 Å². The van der Waals surface area contributed by atoms with Crippen LogP contribution in [0.4, 0.5) is 11.4 Å². The Hall–Kier alpha value is -3.92. The van der Waals surface area contributed by atoms with Crippen LogP contribution in [0.5, 0.6) is 23.0 Å². The molecular formula is C32H36N2O2. The highest BCUT2D eigenvalue weighted by Crippen LogP contribution is 2.34. The van der Waals surface area contributed by atoms with E-state index >= 15 is 0 Å². The molecule has 0 unspecified atom stereocenters. The van der Waals surface area contributed by atoms with Crippen molar-refractivity contribution in [3.05, 3.63) is 108 Å². The first-order chi connectivity index (χ1) is 17.6. The molecule has 0 atom stereocenters. The lowest BCUT2D eigenvalue weighted by Gasteiger charge is -2.19. The van der Waals surface area contributed by atoms with E-state index in [1.165, 1.54) is 43.2 Å². The number of nitrogens with two attached hydrogens (primary N) is 2. The number of nitrogen functional groups attached to an aromatic ring is 2. The van der Waals surface area contributed by atoms with Gasteiger partial charge in [0.05, 0.1) is 0 Å². The number of anilines is 2. The molecule has 0 aromatic heterocycles. The zero-order chi connectivity index (χ0) is 25.2. The summed E-state index contributed by atoms with van der Waals surface area (Å²) < 4.78 is 12.0. The Morgan fingerprint density at radius 1 is 0.500 bits per heavy atom. The third-order valence-electron chi connectivity index (χ3n) is 6.39. The first kappa shape index (κ1) is 25.2. The molecule has 4 rings (SSSR count). The summed E-state index contributed by atoms with van der Waals surface area (Å²) in [6, 6.07) is 31.9. The molecule has 0 heterocycles. The van der Waals surface area contributed by atoms with E-state index in [4.69, 9.17) is 20.9 Å². The van der Waals surface area contributed by atoms with Gasteiger partial charge in [0.25, 0.3) is 0 Å². The van der Waals surface area contributed by atoms with Gasteiger partial charge in [0, 0.05) is 17.3 Å². The molecule has 0 fully saturated rings. The Balaban J connectivity index is 1.47. The van der Waals surface area contributed by atoms with Crippen LogP contribution >= 0.6 is 0 Å². The van der Waals surface area contributed by atoms with Gasteiger partial charge in [-0.1, -0.05) is 63.3 Å². The van der Waals surface area contributed by atoms with Crippen molar-refractivity contribution in [2.75, 3.05) is 11.5 Å². The molecule has 0 saturated heterocycles. The normalized spacial score (nSPS) is 10.9. The Kier molecular flexibility index (Phi) is 8.87. The molecule has 0 amide bonds. The fourth-order valence-corrected chi connectivity index (χ4v) is 4.36. The van der Waals surface area contributed by atoms with Crippen molar-refractivity contribution in [2.24, 2.45) is 0 Å². The monoisotopic (exact) mass is 480 g/mol. The van der Waals surface area contributed by atoms with Crippen molar-refractivity contribution in [1.29, 1.82) is 0 Å². The SMILES string of the molecule is CCCCCCCC(c1ccc(Oc2ccc(N)cc2)cc1)c1ccc(Oc2ccc(N)cc2)cc1. The van der Waals surface area contributed by atoms with Crippen LogP contribution in [0.1, 0.15) is 62.5 Å². The maximum absolute atomic E-state index is 6.00. The van der Waals surface area contributed by atoms with E-state index in [1.54, 1.807) is 0 Å². The highest BCUT2D eigenvalue weighted by molar-refractivity contribution is 5.45. The van der Waals surface area contributed by atoms with Crippen molar-refractivity contribution in [3.63, 3.8) is 0 Å². The summed E-state index contributed by atoms with van der Waals surface area (Å²) in [5, 5.41) is 0. The lowest BCUT2D eigenvalue weighted by molar-refractivity contribution is 0.482. The zero-order valence-corrected chi connectivity index (χ0v) is 21.0. The van der Waals surface area contributed by atoms with Gasteiger partial charge in [-0.05, 0) is 90.3 Å². The average Bonchev–Trinajstić information content (AvgIpc) is 2.90. The number of hydrogen-bond acceptors (Lipinski definition) is 4. The molecule has 0 spiro atoms. The standard InChI is InChI=1S/C32H36N2O2/c1-2-3-4-5-6-7-32(24-8-16-28(17-9-24)35-30-20-12-26(33)13-21-30)25-10-18-29(19-11-25)36-31-22-14-27(34)15-23-31/h8-23,32H,2-7,33-34H2,1H3. The molecule has 4 N–H and O–H groups in total. The minimum atomic E-state index is 0.322. The number of ether oxygens (including phenoxy) is 2. The minimum absolute atomic E-state index is 0.322. The summed E-state index contributed by atoms with van der Waals surface area (Å²) in [4.78, 5) is 0. The number of rotatable bonds is 12. The fraction of sp³-hybridized carbons (Fsp3) is 0.250. The van der Waals surface area contributed by atoms with Crippen LogP contribution in [0.25, 0.3) is 0 Å². The third-order valence-corrected chi connectivity index (χ3v) is 6.39. The van der Waals surface area contributed by atoms with Crippen LogP contribution in [-0.4, -0.2) is 0 Å². The van der Waals surface area contributed by atoms with E-state index < -0.39 is 0 Å². The van der Waals surface area contributed by atoms with Crippen molar-refractivity contribution in [3.8, 4) is 23.0 Å². The highest BCUT2D eigenvalue weighted by atomic mass is 16.5. The maximum atomic E-state index is 6.00. The Morgan fingerprint density at radius 3 is 1.25 bits per heavy atom. The maximum Gasteiger partial charge on any atom is 0.127 e. The van der Waals surface area contributed by atoms with Gasteiger partial charge in [-0.15, -0.1) is 0 Å². The fourth-order valence-electron chi connectivity index (χ4n) is 4.36. The Bertz CT molecular complexity index is 1090. The molecule has 36 heavy (non-hydrogen) atoms. The molecule has 0 bridgehead atoms. The molecule has 0 aliphatic heterocycles. The molecular weight excluding hydrogens is 444 g/mol. The van der Waals surface area contributed by atoms with Gasteiger partial charge in [-0.2, -0.15) is 0 Å². The predicted molar refractivity (Wildman–Crippen MR) is 150 cm³/mol. The molecule has 4 heteroatoms. The molecule has 4 nitrogen and oxygen atoms in total. The van der Waals surface area contributed by atoms with Gasteiger partial charge in [0.2, 0.25) is 0 Å². The van der Waals surface area contributed by atoms with Gasteiger partial charge in [0.15, 0.2) is 0 Å². The lowest BCUT2D eigenvalue weighted by Crippen LogP contribution is -2.02. The Morgan fingerprint density at radius 2 is 0.861 bits per heavy atom. The van der Waals surface area contributed by atoms with Gasteiger partial charge in [-0.3, -0.25) is 0 Å². The van der Waals surface area contributed by atoms with Crippen LogP contribution in [0, 0.1) is 0 Å². The van der Waals surface area contributed by atoms with E-state index in [9.17, 15) is 0 Å². The van der Waals surface area contributed by atoms with E-state index in [0.29, 0.717) is 5.92 Å². The summed E-state index contributed by atoms with van der Waals surface area (Å²) in [6.07, 6.45) is 7.44. The molecule has 0 aliphatic rings. The second kappa shape index (κ2) is 12.7. The van der Waals surface area contributed by atoms with Crippen molar-refractivity contribution in [1.82, 2.24) is 0 Å². The van der Waals surface area contributed by atoms with Crippen LogP contribution in [-0.2, 0) is 0 Å². The molecule has 0 radical (unpaired) electrons. The van der Waals surface area contributed by atoms with E-state index in [2.05, 4.69) is 31.2 Å². The largest absolute Gasteiger partial charge is 0.457 e. The summed E-state index contributed by atoms with van der Waals surface area (Å²) >= 11 is 0. The summed E-state index contributed by atoms with van der Waals surface area (Å²) in [7, 11) is 0. The van der Waals surface area contributed by atoms with E-state index in [-0.39, 0.29) is 0 Å². The van der Waals surface area contributed by atoms with E-state index in [1.807, 2.05) is 72.8 Å². The van der Waals surface area contributed by atoms with Crippen molar-refractivity contribution >= 4 is 11.4 Å². The van der Waals surface area contributed by atoms with E-state index in [0.717, 1.165) is 40.8 Å². The third kappa shape index (κ3) is 7.29. The van der Waals surface area contributed by atoms with Gasteiger partial charge < -0.3 is 20.9 Å². The highest BCUT2D eigenvalue weighted by Gasteiger charge is 2.15. The number of benzene rings is 4. The summed E-state index contributed by atoms with van der Waals surface area (Å²) in [5.74, 6) is 3.51. The topological polar surface area (TPSA) is 70.5 Å². The zero-order valence-electron chi connectivity index (χ0n) is 21.0. The second-order valence-electron chi connectivity index (χ2n) is 9.24. The number of unbranched alkanes of at least 4 members (excludes halogenated alkanes) is 4. The first-order valence-electron chi connectivity index (χ1n) is 12.9. The van der Waals surface area contributed by atoms with Gasteiger partial charge in [-0.25, -0.2) is 0 Å². The van der Waals surface area contributed by atoms with Crippen LogP contribution in [0.2, 0.25) is 0 Å². The van der Waals surface area contributed by atoms with Crippen LogP contribution in [0.3, 0.4) is 0 Å². The van der Waals surface area contributed by atoms with Crippen LogP contribution in [0.15, 0.2) is 97.1 Å².